The molecule has 0 spiro atoms. The number of amides is 1. The summed E-state index contributed by atoms with van der Waals surface area (Å²) >= 11 is 0. The summed E-state index contributed by atoms with van der Waals surface area (Å²) in [5.74, 6) is -0.772. The largest absolute Gasteiger partial charge is 0.481 e. The number of para-hydroxylation sites is 1. The van der Waals surface area contributed by atoms with Crippen molar-refractivity contribution < 1.29 is 24.5 Å². The molecular formula is C12H15NO5. The maximum atomic E-state index is 11.4. The fourth-order valence-corrected chi connectivity index (χ4v) is 1.28. The molecule has 6 heteroatoms. The second-order valence-electron chi connectivity index (χ2n) is 4.12. The lowest BCUT2D eigenvalue weighted by atomic mass is 10.0. The maximum absolute atomic E-state index is 11.4. The van der Waals surface area contributed by atoms with Crippen LogP contribution in [0.25, 0.3) is 0 Å². The van der Waals surface area contributed by atoms with Gasteiger partial charge in [-0.1, -0.05) is 18.2 Å². The van der Waals surface area contributed by atoms with Crippen molar-refractivity contribution in [3.8, 4) is 5.75 Å². The number of ether oxygens (including phenoxy) is 1. The Morgan fingerprint density at radius 1 is 1.33 bits per heavy atom. The molecule has 1 atom stereocenters. The summed E-state index contributed by atoms with van der Waals surface area (Å²) in [5.41, 5.74) is -1.51. The van der Waals surface area contributed by atoms with Gasteiger partial charge in [0.1, 0.15) is 5.75 Å². The third-order valence-electron chi connectivity index (χ3n) is 2.10. The zero-order chi connectivity index (χ0) is 13.6. The number of benzene rings is 1. The Hall–Kier alpha value is -2.08. The first-order valence-electron chi connectivity index (χ1n) is 5.34. The van der Waals surface area contributed by atoms with Crippen LogP contribution in [0, 0.1) is 0 Å². The molecule has 0 aliphatic rings. The van der Waals surface area contributed by atoms with Crippen LogP contribution in [0.15, 0.2) is 30.3 Å². The van der Waals surface area contributed by atoms with Gasteiger partial charge in [0.15, 0.2) is 0 Å². The average molecular weight is 253 g/mol. The molecule has 0 heterocycles. The topological polar surface area (TPSA) is 95.9 Å². The third-order valence-corrected chi connectivity index (χ3v) is 2.10. The minimum Gasteiger partial charge on any atom is -0.481 e. The van der Waals surface area contributed by atoms with Gasteiger partial charge in [0.2, 0.25) is 0 Å². The number of rotatable bonds is 5. The molecule has 98 valence electrons. The van der Waals surface area contributed by atoms with Crippen LogP contribution in [0.3, 0.4) is 0 Å². The van der Waals surface area contributed by atoms with Crippen LogP contribution < -0.4 is 10.1 Å². The predicted octanol–water partition coefficient (Wildman–Crippen LogP) is 1.00. The lowest BCUT2D eigenvalue weighted by Gasteiger charge is -2.21. The maximum Gasteiger partial charge on any atom is 0.412 e. The summed E-state index contributed by atoms with van der Waals surface area (Å²) in [7, 11) is 0. The molecule has 1 rings (SSSR count). The molecule has 1 aromatic rings. The minimum absolute atomic E-state index is 0.203. The van der Waals surface area contributed by atoms with Gasteiger partial charge >= 0.3 is 12.1 Å². The number of carbonyl (C=O) groups is 2. The Morgan fingerprint density at radius 2 is 1.94 bits per heavy atom. The van der Waals surface area contributed by atoms with Crippen LogP contribution in [0.1, 0.15) is 13.3 Å². The molecule has 1 unspecified atom stereocenters. The van der Waals surface area contributed by atoms with Crippen molar-refractivity contribution in [1.82, 2.24) is 5.32 Å². The van der Waals surface area contributed by atoms with Gasteiger partial charge in [-0.3, -0.25) is 4.79 Å². The molecule has 0 aliphatic carbocycles. The summed E-state index contributed by atoms with van der Waals surface area (Å²) < 4.78 is 4.91. The van der Waals surface area contributed by atoms with E-state index in [1.165, 1.54) is 6.92 Å². The highest BCUT2D eigenvalue weighted by molar-refractivity contribution is 5.71. The summed E-state index contributed by atoms with van der Waals surface area (Å²) in [6.07, 6.45) is -1.20. The highest BCUT2D eigenvalue weighted by Gasteiger charge is 2.25. The molecular weight excluding hydrogens is 238 g/mol. The third kappa shape index (κ3) is 5.31. The van der Waals surface area contributed by atoms with Crippen LogP contribution in [0.4, 0.5) is 4.79 Å². The van der Waals surface area contributed by atoms with Crippen LogP contribution >= 0.6 is 0 Å². The van der Waals surface area contributed by atoms with Crippen LogP contribution in [0.5, 0.6) is 5.75 Å². The van der Waals surface area contributed by atoms with Crippen molar-refractivity contribution >= 4 is 12.1 Å². The number of carboxylic acid groups (broad SMARTS) is 1. The summed E-state index contributed by atoms with van der Waals surface area (Å²) in [6, 6.07) is 8.42. The minimum atomic E-state index is -1.51. The number of hydrogen-bond donors (Lipinski definition) is 3. The molecule has 1 aromatic carbocycles. The Labute approximate surface area is 104 Å². The number of hydrogen-bond acceptors (Lipinski definition) is 4. The second kappa shape index (κ2) is 6.02. The standard InChI is InChI=1S/C12H15NO5/c1-12(17,7-10(14)15)8-13-11(16)18-9-5-3-2-4-6-9/h2-6,17H,7-8H2,1H3,(H,13,16)(H,14,15). The molecule has 0 fully saturated rings. The monoisotopic (exact) mass is 253 g/mol. The molecule has 6 nitrogen and oxygen atoms in total. The number of carboxylic acids is 1. The zero-order valence-electron chi connectivity index (χ0n) is 9.92. The molecule has 0 bridgehead atoms. The SMILES string of the molecule is CC(O)(CNC(=O)Oc1ccccc1)CC(=O)O. The highest BCUT2D eigenvalue weighted by Crippen LogP contribution is 2.10. The fourth-order valence-electron chi connectivity index (χ4n) is 1.28. The molecule has 0 aromatic heterocycles. The van der Waals surface area contributed by atoms with Crippen molar-refractivity contribution in [2.45, 2.75) is 18.9 Å². The van der Waals surface area contributed by atoms with Crippen molar-refractivity contribution in [3.63, 3.8) is 0 Å². The van der Waals surface area contributed by atoms with Gasteiger partial charge in [-0.25, -0.2) is 4.79 Å². The zero-order valence-corrected chi connectivity index (χ0v) is 9.92. The summed E-state index contributed by atoms with van der Waals surface area (Å²) in [5, 5.41) is 20.5. The van der Waals surface area contributed by atoms with E-state index >= 15 is 0 Å². The van der Waals surface area contributed by atoms with Gasteiger partial charge in [-0.2, -0.15) is 0 Å². The van der Waals surface area contributed by atoms with Crippen molar-refractivity contribution in [2.24, 2.45) is 0 Å². The van der Waals surface area contributed by atoms with E-state index in [2.05, 4.69) is 5.32 Å². The van der Waals surface area contributed by atoms with Crippen LogP contribution in [-0.4, -0.2) is 34.4 Å². The molecule has 0 saturated heterocycles. The molecule has 0 radical (unpaired) electrons. The average Bonchev–Trinajstić information content (AvgIpc) is 2.26. The van der Waals surface area contributed by atoms with Gasteiger partial charge in [0, 0.05) is 6.54 Å². The number of carbonyl (C=O) groups excluding carboxylic acids is 1. The molecule has 1 amide bonds. The van der Waals surface area contributed by atoms with Gasteiger partial charge in [0.25, 0.3) is 0 Å². The number of aliphatic hydroxyl groups is 1. The van der Waals surface area contributed by atoms with E-state index in [0.29, 0.717) is 5.75 Å². The number of aliphatic carboxylic acids is 1. The van der Waals surface area contributed by atoms with E-state index in [9.17, 15) is 14.7 Å². The summed E-state index contributed by atoms with van der Waals surface area (Å²) in [4.78, 5) is 21.8. The predicted molar refractivity (Wildman–Crippen MR) is 63.3 cm³/mol. The van der Waals surface area contributed by atoms with E-state index < -0.39 is 24.1 Å². The van der Waals surface area contributed by atoms with Gasteiger partial charge in [-0.15, -0.1) is 0 Å². The summed E-state index contributed by atoms with van der Waals surface area (Å²) in [6.45, 7) is 1.12. The van der Waals surface area contributed by atoms with Crippen molar-refractivity contribution in [2.75, 3.05) is 6.54 Å². The molecule has 3 N–H and O–H groups in total. The Balaban J connectivity index is 2.40. The first kappa shape index (κ1) is 14.0. The first-order chi connectivity index (χ1) is 8.39. The molecule has 0 saturated carbocycles. The molecule has 0 aliphatic heterocycles. The smallest absolute Gasteiger partial charge is 0.412 e. The van der Waals surface area contributed by atoms with E-state index in [-0.39, 0.29) is 6.54 Å². The van der Waals surface area contributed by atoms with E-state index in [4.69, 9.17) is 9.84 Å². The Kier molecular flexibility index (Phi) is 4.67. The van der Waals surface area contributed by atoms with Crippen molar-refractivity contribution in [3.05, 3.63) is 30.3 Å². The number of nitrogens with one attached hydrogen (secondary N) is 1. The van der Waals surface area contributed by atoms with Gasteiger partial charge < -0.3 is 20.3 Å². The normalized spacial score (nSPS) is 13.4. The lowest BCUT2D eigenvalue weighted by molar-refractivity contribution is -0.141. The Morgan fingerprint density at radius 3 is 2.50 bits per heavy atom. The van der Waals surface area contributed by atoms with Crippen LogP contribution in [0.2, 0.25) is 0 Å². The highest BCUT2D eigenvalue weighted by atomic mass is 16.6. The first-order valence-corrected chi connectivity index (χ1v) is 5.34. The van der Waals surface area contributed by atoms with E-state index in [1.807, 2.05) is 0 Å². The Bertz CT molecular complexity index is 416. The quantitative estimate of drug-likeness (QED) is 0.727. The second-order valence-corrected chi connectivity index (χ2v) is 4.12. The van der Waals surface area contributed by atoms with E-state index in [0.717, 1.165) is 0 Å². The lowest BCUT2D eigenvalue weighted by Crippen LogP contribution is -2.43. The van der Waals surface area contributed by atoms with Crippen molar-refractivity contribution in [1.29, 1.82) is 0 Å². The fraction of sp³-hybridized carbons (Fsp3) is 0.333. The van der Waals surface area contributed by atoms with Gasteiger partial charge in [-0.05, 0) is 19.1 Å². The molecule has 18 heavy (non-hydrogen) atoms. The van der Waals surface area contributed by atoms with Gasteiger partial charge in [0.05, 0.1) is 12.0 Å². The van der Waals surface area contributed by atoms with E-state index in [1.54, 1.807) is 30.3 Å². The van der Waals surface area contributed by atoms with Crippen LogP contribution in [-0.2, 0) is 4.79 Å².